The minimum Gasteiger partial charge on any atom is -0.362 e. The molecule has 0 aliphatic carbocycles. The number of para-hydroxylation sites is 1. The number of benzene rings is 1. The fourth-order valence-electron chi connectivity index (χ4n) is 3.65. The zero-order valence-electron chi connectivity index (χ0n) is 13.6. The van der Waals surface area contributed by atoms with Gasteiger partial charge in [-0.15, -0.1) is 0 Å². The normalized spacial score (nSPS) is 18.6. The predicted octanol–water partition coefficient (Wildman–Crippen LogP) is 1.90. The standard InChI is InChI=1S/C18H27N3O/c1-19-10-6-15-7-11-20(12-8-15)18(22)14-21-13-9-16-4-2-3-5-17(16)21/h2-5,15,19H,6-14H2,1H3. The van der Waals surface area contributed by atoms with Gasteiger partial charge in [0.1, 0.15) is 0 Å². The number of carbonyl (C=O) groups excluding carboxylic acids is 1. The quantitative estimate of drug-likeness (QED) is 0.902. The van der Waals surface area contributed by atoms with Crippen molar-refractivity contribution in [3.63, 3.8) is 0 Å². The second-order valence-electron chi connectivity index (χ2n) is 6.52. The molecule has 4 heteroatoms. The first-order valence-corrected chi connectivity index (χ1v) is 8.53. The molecule has 1 aromatic carbocycles. The highest BCUT2D eigenvalue weighted by Crippen LogP contribution is 2.27. The van der Waals surface area contributed by atoms with E-state index in [0.717, 1.165) is 51.4 Å². The number of carbonyl (C=O) groups is 1. The van der Waals surface area contributed by atoms with E-state index >= 15 is 0 Å². The van der Waals surface area contributed by atoms with Gasteiger partial charge < -0.3 is 15.1 Å². The lowest BCUT2D eigenvalue weighted by molar-refractivity contribution is -0.131. The Balaban J connectivity index is 1.50. The van der Waals surface area contributed by atoms with Crippen LogP contribution in [-0.2, 0) is 11.2 Å². The van der Waals surface area contributed by atoms with Crippen LogP contribution in [0.15, 0.2) is 24.3 Å². The van der Waals surface area contributed by atoms with Crippen LogP contribution >= 0.6 is 0 Å². The predicted molar refractivity (Wildman–Crippen MR) is 90.2 cm³/mol. The number of amides is 1. The van der Waals surface area contributed by atoms with Gasteiger partial charge in [-0.3, -0.25) is 4.79 Å². The number of fused-ring (bicyclic) bond motifs is 1. The maximum atomic E-state index is 12.6. The highest BCUT2D eigenvalue weighted by Gasteiger charge is 2.26. The van der Waals surface area contributed by atoms with E-state index in [4.69, 9.17) is 0 Å². The van der Waals surface area contributed by atoms with E-state index in [-0.39, 0.29) is 0 Å². The third-order valence-electron chi connectivity index (χ3n) is 5.08. The Bertz CT molecular complexity index is 509. The van der Waals surface area contributed by atoms with Gasteiger partial charge in [0.25, 0.3) is 0 Å². The zero-order chi connectivity index (χ0) is 15.4. The van der Waals surface area contributed by atoms with Gasteiger partial charge >= 0.3 is 0 Å². The Morgan fingerprint density at radius 3 is 2.77 bits per heavy atom. The average Bonchev–Trinajstić information content (AvgIpc) is 2.96. The highest BCUT2D eigenvalue weighted by molar-refractivity contribution is 5.82. The Morgan fingerprint density at radius 1 is 1.23 bits per heavy atom. The van der Waals surface area contributed by atoms with Gasteiger partial charge in [-0.1, -0.05) is 18.2 Å². The third-order valence-corrected chi connectivity index (χ3v) is 5.08. The molecule has 22 heavy (non-hydrogen) atoms. The molecule has 0 saturated carbocycles. The van der Waals surface area contributed by atoms with E-state index < -0.39 is 0 Å². The smallest absolute Gasteiger partial charge is 0.242 e. The molecule has 2 aliphatic heterocycles. The van der Waals surface area contributed by atoms with Crippen molar-refractivity contribution in [2.75, 3.05) is 44.7 Å². The molecule has 0 atom stereocenters. The SMILES string of the molecule is CNCCC1CCN(C(=O)CN2CCc3ccccc32)CC1. The Hall–Kier alpha value is -1.55. The number of likely N-dealkylation sites (tertiary alicyclic amines) is 1. The first-order valence-electron chi connectivity index (χ1n) is 8.53. The second-order valence-corrected chi connectivity index (χ2v) is 6.52. The van der Waals surface area contributed by atoms with Gasteiger partial charge in [0.05, 0.1) is 6.54 Å². The van der Waals surface area contributed by atoms with Crippen LogP contribution in [0.5, 0.6) is 0 Å². The van der Waals surface area contributed by atoms with E-state index in [1.807, 2.05) is 7.05 Å². The monoisotopic (exact) mass is 301 g/mol. The summed E-state index contributed by atoms with van der Waals surface area (Å²) in [5.74, 6) is 1.08. The third kappa shape index (κ3) is 3.43. The fourth-order valence-corrected chi connectivity index (χ4v) is 3.65. The van der Waals surface area contributed by atoms with Gasteiger partial charge in [-0.05, 0) is 56.8 Å². The fraction of sp³-hybridized carbons (Fsp3) is 0.611. The van der Waals surface area contributed by atoms with Crippen LogP contribution in [0.4, 0.5) is 5.69 Å². The summed E-state index contributed by atoms with van der Waals surface area (Å²) in [7, 11) is 2.01. The molecule has 0 unspecified atom stereocenters. The summed E-state index contributed by atoms with van der Waals surface area (Å²) >= 11 is 0. The van der Waals surface area contributed by atoms with Crippen molar-refractivity contribution >= 4 is 11.6 Å². The average molecular weight is 301 g/mol. The molecule has 1 saturated heterocycles. The largest absolute Gasteiger partial charge is 0.362 e. The summed E-state index contributed by atoms with van der Waals surface area (Å²) in [6.45, 7) is 4.47. The van der Waals surface area contributed by atoms with Gasteiger partial charge in [-0.2, -0.15) is 0 Å². The Kier molecular flexibility index (Phi) is 4.98. The molecule has 1 aromatic rings. The molecule has 0 bridgehead atoms. The van der Waals surface area contributed by atoms with Crippen LogP contribution in [0.25, 0.3) is 0 Å². The molecule has 3 rings (SSSR count). The molecule has 0 spiro atoms. The van der Waals surface area contributed by atoms with Crippen molar-refractivity contribution in [3.8, 4) is 0 Å². The van der Waals surface area contributed by atoms with Gasteiger partial charge in [0, 0.05) is 25.3 Å². The lowest BCUT2D eigenvalue weighted by Crippen LogP contribution is -2.44. The summed E-state index contributed by atoms with van der Waals surface area (Å²) in [5, 5.41) is 3.22. The lowest BCUT2D eigenvalue weighted by Gasteiger charge is -2.33. The number of nitrogens with zero attached hydrogens (tertiary/aromatic N) is 2. The second kappa shape index (κ2) is 7.14. The summed E-state index contributed by atoms with van der Waals surface area (Å²) in [6, 6.07) is 8.46. The van der Waals surface area contributed by atoms with Gasteiger partial charge in [0.2, 0.25) is 5.91 Å². The Labute approximate surface area is 133 Å². The van der Waals surface area contributed by atoms with Crippen molar-refractivity contribution in [2.45, 2.75) is 25.7 Å². The topological polar surface area (TPSA) is 35.6 Å². The first kappa shape index (κ1) is 15.3. The minimum atomic E-state index is 0.295. The maximum absolute atomic E-state index is 12.6. The van der Waals surface area contributed by atoms with Gasteiger partial charge in [-0.25, -0.2) is 0 Å². The molecule has 2 heterocycles. The molecule has 1 N–H and O–H groups in total. The first-order chi connectivity index (χ1) is 10.8. The van der Waals surface area contributed by atoms with Crippen molar-refractivity contribution in [3.05, 3.63) is 29.8 Å². The number of piperidine rings is 1. The number of anilines is 1. The number of rotatable bonds is 5. The summed E-state index contributed by atoms with van der Waals surface area (Å²) in [5.41, 5.74) is 2.63. The van der Waals surface area contributed by atoms with Gasteiger partial charge in [0.15, 0.2) is 0 Å². The van der Waals surface area contributed by atoms with E-state index in [9.17, 15) is 4.79 Å². The van der Waals surface area contributed by atoms with Crippen LogP contribution in [-0.4, -0.2) is 50.6 Å². The van der Waals surface area contributed by atoms with E-state index in [1.54, 1.807) is 0 Å². The van der Waals surface area contributed by atoms with Crippen molar-refractivity contribution in [2.24, 2.45) is 5.92 Å². The molecule has 1 fully saturated rings. The van der Waals surface area contributed by atoms with Crippen LogP contribution < -0.4 is 10.2 Å². The molecule has 0 radical (unpaired) electrons. The van der Waals surface area contributed by atoms with E-state index in [1.165, 1.54) is 17.7 Å². The molecule has 1 amide bonds. The molecular weight excluding hydrogens is 274 g/mol. The van der Waals surface area contributed by atoms with E-state index in [2.05, 4.69) is 39.4 Å². The number of hydrogen-bond donors (Lipinski definition) is 1. The summed E-state index contributed by atoms with van der Waals surface area (Å²) < 4.78 is 0. The molecule has 0 aromatic heterocycles. The maximum Gasteiger partial charge on any atom is 0.242 e. The minimum absolute atomic E-state index is 0.295. The summed E-state index contributed by atoms with van der Waals surface area (Å²) in [6.07, 6.45) is 4.61. The summed E-state index contributed by atoms with van der Waals surface area (Å²) in [4.78, 5) is 16.9. The Morgan fingerprint density at radius 2 is 2.00 bits per heavy atom. The van der Waals surface area contributed by atoms with Crippen molar-refractivity contribution < 1.29 is 4.79 Å². The number of hydrogen-bond acceptors (Lipinski definition) is 3. The lowest BCUT2D eigenvalue weighted by atomic mass is 9.93. The van der Waals surface area contributed by atoms with Crippen molar-refractivity contribution in [1.29, 1.82) is 0 Å². The van der Waals surface area contributed by atoms with Crippen LogP contribution in [0.3, 0.4) is 0 Å². The number of nitrogens with one attached hydrogen (secondary N) is 1. The molecule has 2 aliphatic rings. The molecule has 4 nitrogen and oxygen atoms in total. The van der Waals surface area contributed by atoms with Crippen LogP contribution in [0, 0.1) is 5.92 Å². The molecule has 120 valence electrons. The van der Waals surface area contributed by atoms with Crippen LogP contribution in [0.2, 0.25) is 0 Å². The molecular formula is C18H27N3O. The van der Waals surface area contributed by atoms with Crippen molar-refractivity contribution in [1.82, 2.24) is 10.2 Å². The van der Waals surface area contributed by atoms with E-state index in [0.29, 0.717) is 12.5 Å². The highest BCUT2D eigenvalue weighted by atomic mass is 16.2. The van der Waals surface area contributed by atoms with Crippen LogP contribution in [0.1, 0.15) is 24.8 Å². The zero-order valence-corrected chi connectivity index (χ0v) is 13.6.